The van der Waals surface area contributed by atoms with Crippen molar-refractivity contribution in [1.29, 1.82) is 0 Å². The summed E-state index contributed by atoms with van der Waals surface area (Å²) in [6, 6.07) is 4.23. The van der Waals surface area contributed by atoms with E-state index in [4.69, 9.17) is 5.11 Å². The van der Waals surface area contributed by atoms with Gasteiger partial charge in [-0.25, -0.2) is 8.42 Å². The van der Waals surface area contributed by atoms with Crippen LogP contribution in [0.2, 0.25) is 0 Å². The molecule has 25 heavy (non-hydrogen) atoms. The summed E-state index contributed by atoms with van der Waals surface area (Å²) >= 11 is 0.584. The molecule has 0 aliphatic carbocycles. The highest BCUT2D eigenvalue weighted by Gasteiger charge is 2.24. The van der Waals surface area contributed by atoms with E-state index in [2.05, 4.69) is 15.5 Å². The van der Waals surface area contributed by atoms with Crippen LogP contribution in [0.15, 0.2) is 33.5 Å². The first kappa shape index (κ1) is 18.4. The largest absolute Gasteiger partial charge is 0.481 e. The van der Waals surface area contributed by atoms with Gasteiger partial charge in [-0.1, -0.05) is 11.3 Å². The number of benzene rings is 1. The van der Waals surface area contributed by atoms with Gasteiger partial charge in [-0.15, -0.1) is 10.2 Å². The van der Waals surface area contributed by atoms with E-state index in [1.807, 2.05) is 0 Å². The Labute approximate surface area is 144 Å². The summed E-state index contributed by atoms with van der Waals surface area (Å²) in [6.45, 7) is 0. The van der Waals surface area contributed by atoms with E-state index in [0.29, 0.717) is 11.3 Å². The van der Waals surface area contributed by atoms with Crippen LogP contribution in [0.5, 0.6) is 0 Å². The molecule has 1 heterocycles. The molecule has 0 saturated heterocycles. The summed E-state index contributed by atoms with van der Waals surface area (Å²) in [6.07, 6.45) is -0.669. The Kier molecular flexibility index (Phi) is 5.38. The molecule has 0 aliphatic rings. The molecule has 0 fully saturated rings. The Morgan fingerprint density at radius 2 is 1.84 bits per heavy atom. The molecule has 0 unspecified atom stereocenters. The van der Waals surface area contributed by atoms with E-state index in [-0.39, 0.29) is 28.6 Å². The first-order valence-electron chi connectivity index (χ1n) is 6.55. The number of carbonyl (C=O) groups excluding carboxylic acids is 1. The van der Waals surface area contributed by atoms with Crippen molar-refractivity contribution in [2.24, 2.45) is 0 Å². The van der Waals surface area contributed by atoms with E-state index in [0.717, 1.165) is 24.3 Å². The smallest absolute Gasteiger partial charge is 0.303 e. The number of anilines is 1. The SMILES string of the molecule is O=C(O)CCC(=O)Nc1nnc(S(=O)(=O)c2ccc([N+](=O)[O-])cc2)s1. The number of hydrogen-bond donors (Lipinski definition) is 2. The van der Waals surface area contributed by atoms with E-state index in [1.165, 1.54) is 0 Å². The molecule has 1 amide bonds. The number of sulfone groups is 1. The summed E-state index contributed by atoms with van der Waals surface area (Å²) < 4.78 is 24.3. The highest BCUT2D eigenvalue weighted by molar-refractivity contribution is 7.93. The number of nitro benzene ring substituents is 1. The lowest BCUT2D eigenvalue weighted by Gasteiger charge is -2.00. The number of nitrogens with one attached hydrogen (secondary N) is 1. The zero-order chi connectivity index (χ0) is 18.6. The minimum Gasteiger partial charge on any atom is -0.481 e. The van der Waals surface area contributed by atoms with Gasteiger partial charge in [0.05, 0.1) is 16.2 Å². The Morgan fingerprint density at radius 3 is 2.40 bits per heavy atom. The Bertz CT molecular complexity index is 921. The van der Waals surface area contributed by atoms with Crippen LogP contribution in [-0.2, 0) is 19.4 Å². The van der Waals surface area contributed by atoms with Crippen LogP contribution in [0, 0.1) is 10.1 Å². The van der Waals surface area contributed by atoms with Gasteiger partial charge in [0, 0.05) is 18.6 Å². The maximum absolute atomic E-state index is 12.4. The maximum Gasteiger partial charge on any atom is 0.303 e. The van der Waals surface area contributed by atoms with Crippen molar-refractivity contribution >= 4 is 43.9 Å². The summed E-state index contributed by atoms with van der Waals surface area (Å²) in [5.41, 5.74) is -0.261. The second-order valence-electron chi connectivity index (χ2n) is 4.57. The number of non-ortho nitro benzene ring substituents is 1. The Hall–Kier alpha value is -2.93. The molecule has 0 aliphatic heterocycles. The summed E-state index contributed by atoms with van der Waals surface area (Å²) in [5, 5.41) is 28.2. The molecule has 132 valence electrons. The quantitative estimate of drug-likeness (QED) is 0.401. The third kappa shape index (κ3) is 4.54. The van der Waals surface area contributed by atoms with Gasteiger partial charge < -0.3 is 10.4 Å². The van der Waals surface area contributed by atoms with Gasteiger partial charge in [-0.3, -0.25) is 19.7 Å². The topological polar surface area (TPSA) is 169 Å². The van der Waals surface area contributed by atoms with Gasteiger partial charge in [-0.2, -0.15) is 0 Å². The molecule has 0 bridgehead atoms. The third-order valence-electron chi connectivity index (χ3n) is 2.81. The number of carboxylic acid groups (broad SMARTS) is 1. The second kappa shape index (κ2) is 7.31. The van der Waals surface area contributed by atoms with Crippen LogP contribution in [0.4, 0.5) is 10.8 Å². The van der Waals surface area contributed by atoms with Crippen LogP contribution < -0.4 is 5.32 Å². The van der Waals surface area contributed by atoms with Gasteiger partial charge >= 0.3 is 5.97 Å². The van der Waals surface area contributed by atoms with Crippen molar-refractivity contribution in [2.45, 2.75) is 22.1 Å². The Morgan fingerprint density at radius 1 is 1.20 bits per heavy atom. The molecule has 13 heteroatoms. The summed E-state index contributed by atoms with van der Waals surface area (Å²) in [5.74, 6) is -1.79. The van der Waals surface area contributed by atoms with Crippen LogP contribution in [0.25, 0.3) is 0 Å². The molecule has 0 spiro atoms. The lowest BCUT2D eigenvalue weighted by Crippen LogP contribution is -2.12. The monoisotopic (exact) mass is 386 g/mol. The molecule has 2 rings (SSSR count). The van der Waals surface area contributed by atoms with E-state index < -0.39 is 31.0 Å². The number of aromatic nitrogens is 2. The number of rotatable bonds is 7. The van der Waals surface area contributed by atoms with Gasteiger partial charge in [0.25, 0.3) is 5.69 Å². The molecule has 2 N–H and O–H groups in total. The predicted octanol–water partition coefficient (Wildman–Crippen LogP) is 1.08. The van der Waals surface area contributed by atoms with E-state index in [9.17, 15) is 28.1 Å². The molecule has 11 nitrogen and oxygen atoms in total. The molecule has 0 atom stereocenters. The highest BCUT2D eigenvalue weighted by atomic mass is 32.2. The molecule has 0 radical (unpaired) electrons. The molecule has 0 saturated carbocycles. The molecule has 2 aromatic rings. The normalized spacial score (nSPS) is 11.0. The van der Waals surface area contributed by atoms with Crippen LogP contribution in [0.1, 0.15) is 12.8 Å². The van der Waals surface area contributed by atoms with Crippen LogP contribution in [-0.4, -0.2) is 40.5 Å². The Balaban J connectivity index is 2.15. The number of nitrogens with zero attached hydrogens (tertiary/aromatic N) is 3. The number of aliphatic carboxylic acids is 1. The van der Waals surface area contributed by atoms with E-state index in [1.54, 1.807) is 0 Å². The van der Waals surface area contributed by atoms with Crippen LogP contribution >= 0.6 is 11.3 Å². The summed E-state index contributed by atoms with van der Waals surface area (Å²) in [7, 11) is -4.05. The fraction of sp³-hybridized carbons (Fsp3) is 0.167. The van der Waals surface area contributed by atoms with Crippen molar-refractivity contribution in [2.75, 3.05) is 5.32 Å². The minimum absolute atomic E-state index is 0.101. The molecule has 1 aromatic carbocycles. The third-order valence-corrected chi connectivity index (χ3v) is 5.78. The van der Waals surface area contributed by atoms with Gasteiger partial charge in [-0.05, 0) is 12.1 Å². The fourth-order valence-electron chi connectivity index (χ4n) is 1.62. The zero-order valence-electron chi connectivity index (χ0n) is 12.3. The van der Waals surface area contributed by atoms with Crippen molar-refractivity contribution < 1.29 is 28.0 Å². The van der Waals surface area contributed by atoms with Crippen molar-refractivity contribution in [1.82, 2.24) is 10.2 Å². The average Bonchev–Trinajstić information content (AvgIpc) is 3.02. The van der Waals surface area contributed by atoms with Crippen molar-refractivity contribution in [3.05, 3.63) is 34.4 Å². The first-order valence-corrected chi connectivity index (χ1v) is 8.85. The van der Waals surface area contributed by atoms with E-state index >= 15 is 0 Å². The number of hydrogen-bond acceptors (Lipinski definition) is 9. The minimum atomic E-state index is -4.05. The van der Waals surface area contributed by atoms with Crippen molar-refractivity contribution in [3.8, 4) is 0 Å². The number of amides is 1. The zero-order valence-corrected chi connectivity index (χ0v) is 13.9. The number of carboxylic acids is 1. The molecular weight excluding hydrogens is 376 g/mol. The average molecular weight is 386 g/mol. The van der Waals surface area contributed by atoms with Gasteiger partial charge in [0.1, 0.15) is 0 Å². The molecular formula is C12H10N4O7S2. The van der Waals surface area contributed by atoms with Crippen molar-refractivity contribution in [3.63, 3.8) is 0 Å². The fourth-order valence-corrected chi connectivity index (χ4v) is 3.92. The highest BCUT2D eigenvalue weighted by Crippen LogP contribution is 2.27. The standard InChI is InChI=1S/C12H10N4O7S2/c17-9(5-6-10(18)19)13-11-14-15-12(24-11)25(22,23)8-3-1-7(2-4-8)16(20)21/h1-4H,5-6H2,(H,18,19)(H,13,14,17). The molecule has 1 aromatic heterocycles. The lowest BCUT2D eigenvalue weighted by atomic mass is 10.3. The number of nitro groups is 1. The first-order chi connectivity index (χ1) is 11.7. The van der Waals surface area contributed by atoms with Gasteiger partial charge in [0.2, 0.25) is 25.2 Å². The number of carbonyl (C=O) groups is 2. The van der Waals surface area contributed by atoms with Crippen LogP contribution in [0.3, 0.4) is 0 Å². The second-order valence-corrected chi connectivity index (χ2v) is 7.67. The lowest BCUT2D eigenvalue weighted by molar-refractivity contribution is -0.384. The van der Waals surface area contributed by atoms with Gasteiger partial charge in [0.15, 0.2) is 0 Å². The summed E-state index contributed by atoms with van der Waals surface area (Å²) in [4.78, 5) is 31.6. The predicted molar refractivity (Wildman–Crippen MR) is 84.0 cm³/mol. The maximum atomic E-state index is 12.4.